The zero-order chi connectivity index (χ0) is 12.9. The van der Waals surface area contributed by atoms with E-state index in [1.165, 1.54) is 0 Å². The van der Waals surface area contributed by atoms with Gasteiger partial charge in [-0.1, -0.05) is 5.11 Å². The second-order valence-electron chi connectivity index (χ2n) is 4.89. The number of ether oxygens (including phenoxy) is 2. The van der Waals surface area contributed by atoms with Crippen LogP contribution in [0.4, 0.5) is 4.79 Å². The van der Waals surface area contributed by atoms with Gasteiger partial charge in [0.25, 0.3) is 0 Å². The predicted molar refractivity (Wildman–Crippen MR) is 61.5 cm³/mol. The average molecular weight is 242 g/mol. The van der Waals surface area contributed by atoms with Gasteiger partial charge in [-0.15, -0.1) is 0 Å². The summed E-state index contributed by atoms with van der Waals surface area (Å²) in [5, 5.41) is 6.30. The van der Waals surface area contributed by atoms with Gasteiger partial charge >= 0.3 is 6.09 Å². The molecule has 0 radical (unpaired) electrons. The molecule has 1 aliphatic rings. The van der Waals surface area contributed by atoms with Crippen LogP contribution in [0.5, 0.6) is 0 Å². The molecule has 0 aromatic rings. The molecule has 0 saturated carbocycles. The third-order valence-corrected chi connectivity index (χ3v) is 2.22. The number of carbonyl (C=O) groups is 1. The van der Waals surface area contributed by atoms with E-state index >= 15 is 0 Å². The monoisotopic (exact) mass is 242 g/mol. The fraction of sp³-hybridized carbons (Fsp3) is 0.900. The second-order valence-corrected chi connectivity index (χ2v) is 4.89. The maximum atomic E-state index is 11.6. The molecule has 1 rings (SSSR count). The van der Waals surface area contributed by atoms with E-state index in [4.69, 9.17) is 15.0 Å². The molecule has 1 heterocycles. The van der Waals surface area contributed by atoms with Crippen LogP contribution < -0.4 is 5.32 Å². The molecule has 1 aliphatic heterocycles. The third kappa shape index (κ3) is 4.93. The number of carbonyl (C=O) groups excluding carboxylic acids is 1. The molecule has 1 saturated heterocycles. The summed E-state index contributed by atoms with van der Waals surface area (Å²) in [6.07, 6.45) is 0.0796. The molecule has 17 heavy (non-hydrogen) atoms. The Balaban J connectivity index is 2.53. The van der Waals surface area contributed by atoms with E-state index in [0.717, 1.165) is 0 Å². The average Bonchev–Trinajstić information content (AvgIpc) is 2.18. The van der Waals surface area contributed by atoms with E-state index in [9.17, 15) is 4.79 Å². The topological polar surface area (TPSA) is 96.3 Å². The smallest absolute Gasteiger partial charge is 0.407 e. The van der Waals surface area contributed by atoms with Crippen LogP contribution in [0.25, 0.3) is 10.4 Å². The van der Waals surface area contributed by atoms with Gasteiger partial charge in [0.15, 0.2) is 0 Å². The number of hydrogen-bond donors (Lipinski definition) is 1. The van der Waals surface area contributed by atoms with Gasteiger partial charge in [0.05, 0.1) is 18.7 Å². The molecule has 0 bridgehead atoms. The Labute approximate surface area is 100 Å². The van der Waals surface area contributed by atoms with Crippen LogP contribution in [0.3, 0.4) is 0 Å². The first-order valence-corrected chi connectivity index (χ1v) is 5.54. The Morgan fingerprint density at radius 1 is 1.59 bits per heavy atom. The molecule has 1 N–H and O–H groups in total. The zero-order valence-electron chi connectivity index (χ0n) is 10.3. The van der Waals surface area contributed by atoms with Crippen LogP contribution in [0.1, 0.15) is 27.2 Å². The van der Waals surface area contributed by atoms with Crippen molar-refractivity contribution < 1.29 is 14.3 Å². The summed E-state index contributed by atoms with van der Waals surface area (Å²) in [4.78, 5) is 14.3. The SMILES string of the molecule is CC(C)(C)OC(=O)NC1COCC[C@H]1N=[N+]=[N-]. The summed E-state index contributed by atoms with van der Waals surface area (Å²) in [7, 11) is 0. The normalized spacial score (nSPS) is 24.6. The van der Waals surface area contributed by atoms with E-state index in [0.29, 0.717) is 19.6 Å². The minimum atomic E-state index is -0.548. The lowest BCUT2D eigenvalue weighted by Gasteiger charge is -2.30. The Morgan fingerprint density at radius 3 is 2.88 bits per heavy atom. The van der Waals surface area contributed by atoms with Crippen LogP contribution >= 0.6 is 0 Å². The maximum Gasteiger partial charge on any atom is 0.407 e. The second kappa shape index (κ2) is 5.75. The predicted octanol–water partition coefficient (Wildman–Crippen LogP) is 1.98. The van der Waals surface area contributed by atoms with Gasteiger partial charge in [-0.25, -0.2) is 4.79 Å². The first-order valence-electron chi connectivity index (χ1n) is 5.54. The number of hydrogen-bond acceptors (Lipinski definition) is 4. The van der Waals surface area contributed by atoms with Gasteiger partial charge in [0.1, 0.15) is 5.60 Å². The minimum Gasteiger partial charge on any atom is -0.444 e. The Hall–Kier alpha value is -1.46. The molecule has 1 amide bonds. The van der Waals surface area contributed by atoms with Crippen molar-refractivity contribution in [3.63, 3.8) is 0 Å². The van der Waals surface area contributed by atoms with Gasteiger partial charge < -0.3 is 14.8 Å². The highest BCUT2D eigenvalue weighted by Gasteiger charge is 2.28. The molecule has 7 nitrogen and oxygen atoms in total. The van der Waals surface area contributed by atoms with Crippen LogP contribution in [0.15, 0.2) is 5.11 Å². The van der Waals surface area contributed by atoms with Crippen LogP contribution in [-0.4, -0.2) is 37.0 Å². The van der Waals surface area contributed by atoms with E-state index in [-0.39, 0.29) is 12.1 Å². The molecule has 1 unspecified atom stereocenters. The third-order valence-electron chi connectivity index (χ3n) is 2.22. The van der Waals surface area contributed by atoms with E-state index in [1.54, 1.807) is 20.8 Å². The lowest BCUT2D eigenvalue weighted by molar-refractivity contribution is 0.0299. The number of nitrogens with one attached hydrogen (secondary N) is 1. The standard InChI is InChI=1S/C10H18N4O3/c1-10(2,3)17-9(15)12-8-6-16-5-4-7(8)13-14-11/h7-8H,4-6H2,1-3H3,(H,12,15)/t7-,8?/m1/s1. The summed E-state index contributed by atoms with van der Waals surface area (Å²) in [5.41, 5.74) is 7.88. The summed E-state index contributed by atoms with van der Waals surface area (Å²) < 4.78 is 10.4. The van der Waals surface area contributed by atoms with Gasteiger partial charge in [0.2, 0.25) is 0 Å². The van der Waals surface area contributed by atoms with Crippen molar-refractivity contribution in [2.24, 2.45) is 5.11 Å². The molecule has 0 aromatic carbocycles. The highest BCUT2D eigenvalue weighted by molar-refractivity contribution is 5.68. The van der Waals surface area contributed by atoms with Crippen molar-refractivity contribution >= 4 is 6.09 Å². The van der Waals surface area contributed by atoms with E-state index < -0.39 is 11.7 Å². The highest BCUT2D eigenvalue weighted by Crippen LogP contribution is 2.13. The number of amides is 1. The first-order chi connectivity index (χ1) is 7.92. The summed E-state index contributed by atoms with van der Waals surface area (Å²) >= 11 is 0. The molecule has 2 atom stereocenters. The quantitative estimate of drug-likeness (QED) is 0.455. The summed E-state index contributed by atoms with van der Waals surface area (Å²) in [5.74, 6) is 0. The van der Waals surface area contributed by atoms with Crippen LogP contribution in [0.2, 0.25) is 0 Å². The molecule has 96 valence electrons. The van der Waals surface area contributed by atoms with Gasteiger partial charge in [0, 0.05) is 11.5 Å². The van der Waals surface area contributed by atoms with Crippen molar-refractivity contribution in [3.8, 4) is 0 Å². The Kier molecular flexibility index (Phi) is 4.60. The van der Waals surface area contributed by atoms with Crippen molar-refractivity contribution in [1.82, 2.24) is 5.32 Å². The Bertz CT molecular complexity index is 320. The molecular formula is C10H18N4O3. The Morgan fingerprint density at radius 2 is 2.29 bits per heavy atom. The zero-order valence-corrected chi connectivity index (χ0v) is 10.3. The molecule has 1 fully saturated rings. The molecule has 0 spiro atoms. The van der Waals surface area contributed by atoms with E-state index in [2.05, 4.69) is 15.3 Å². The van der Waals surface area contributed by atoms with Gasteiger partial charge in [-0.2, -0.15) is 0 Å². The lowest BCUT2D eigenvalue weighted by Crippen LogP contribution is -2.49. The largest absolute Gasteiger partial charge is 0.444 e. The molecule has 7 heteroatoms. The van der Waals surface area contributed by atoms with Crippen molar-refractivity contribution in [2.75, 3.05) is 13.2 Å². The molecule has 0 aromatic heterocycles. The van der Waals surface area contributed by atoms with Gasteiger partial charge in [-0.05, 0) is 32.7 Å². The number of nitrogens with zero attached hydrogens (tertiary/aromatic N) is 3. The fourth-order valence-corrected chi connectivity index (χ4v) is 1.53. The van der Waals surface area contributed by atoms with Gasteiger partial charge in [-0.3, -0.25) is 0 Å². The highest BCUT2D eigenvalue weighted by atomic mass is 16.6. The number of alkyl carbamates (subject to hydrolysis) is 1. The lowest BCUT2D eigenvalue weighted by atomic mass is 10.1. The summed E-state index contributed by atoms with van der Waals surface area (Å²) in [6.45, 7) is 6.23. The summed E-state index contributed by atoms with van der Waals surface area (Å²) in [6, 6.07) is -0.601. The first kappa shape index (κ1) is 13.6. The van der Waals surface area contributed by atoms with Crippen molar-refractivity contribution in [1.29, 1.82) is 0 Å². The van der Waals surface area contributed by atoms with Crippen LogP contribution in [-0.2, 0) is 9.47 Å². The van der Waals surface area contributed by atoms with Crippen LogP contribution in [0, 0.1) is 0 Å². The molecule has 0 aliphatic carbocycles. The fourth-order valence-electron chi connectivity index (χ4n) is 1.53. The van der Waals surface area contributed by atoms with Crippen molar-refractivity contribution in [3.05, 3.63) is 10.4 Å². The minimum absolute atomic E-state index is 0.277. The number of rotatable bonds is 2. The molecular weight excluding hydrogens is 224 g/mol. The van der Waals surface area contributed by atoms with E-state index in [1.807, 2.05) is 0 Å². The number of azide groups is 1. The maximum absolute atomic E-state index is 11.6. The van der Waals surface area contributed by atoms with Crippen molar-refractivity contribution in [2.45, 2.75) is 44.9 Å².